The van der Waals surface area contributed by atoms with Crippen molar-refractivity contribution in [1.29, 1.82) is 0 Å². The monoisotopic (exact) mass is 615 g/mol. The number of benzene rings is 2. The first-order valence-electron chi connectivity index (χ1n) is 7.12. The molecule has 1 radical (unpaired) electrons. The second-order valence-electron chi connectivity index (χ2n) is 3.15. The third-order valence-corrected chi connectivity index (χ3v) is 3.77. The Balaban J connectivity index is -0.000000204. The first kappa shape index (κ1) is 31.6. The SMILES string of the molecule is CC.CC.Oc1c(I)cc(-c2ccccc2)cc1I.[CH2-]C.[CH3-].[Y]. The Labute approximate surface area is 196 Å². The van der Waals surface area contributed by atoms with Crippen molar-refractivity contribution in [2.75, 3.05) is 0 Å². The minimum Gasteiger partial charge on any atom is -0.506 e. The number of hydrogen-bond acceptors (Lipinski definition) is 1. The average Bonchev–Trinajstić information content (AvgIpc) is 2.58. The Morgan fingerprint density at radius 1 is 0.783 bits per heavy atom. The van der Waals surface area contributed by atoms with Gasteiger partial charge in [0.05, 0.1) is 7.14 Å². The fourth-order valence-corrected chi connectivity index (χ4v) is 3.13. The molecule has 0 amide bonds. The van der Waals surface area contributed by atoms with Gasteiger partial charge in [-0.2, -0.15) is 6.92 Å². The van der Waals surface area contributed by atoms with Crippen molar-refractivity contribution in [2.24, 2.45) is 0 Å². The Morgan fingerprint density at radius 2 is 1.13 bits per heavy atom. The zero-order valence-corrected chi connectivity index (χ0v) is 22.2. The molecule has 0 aliphatic carbocycles. The van der Waals surface area contributed by atoms with E-state index in [9.17, 15) is 5.11 Å². The van der Waals surface area contributed by atoms with E-state index in [1.165, 1.54) is 5.56 Å². The summed E-state index contributed by atoms with van der Waals surface area (Å²) in [6, 6.07) is 14.2. The van der Waals surface area contributed by atoms with E-state index in [1.54, 1.807) is 6.92 Å². The van der Waals surface area contributed by atoms with Crippen LogP contribution in [-0.4, -0.2) is 5.11 Å². The second kappa shape index (κ2) is 20.8. The van der Waals surface area contributed by atoms with Crippen molar-refractivity contribution in [1.82, 2.24) is 0 Å². The Morgan fingerprint density at radius 3 is 1.48 bits per heavy atom. The van der Waals surface area contributed by atoms with Crippen LogP contribution in [0.5, 0.6) is 5.75 Å². The molecule has 0 saturated heterocycles. The molecule has 0 atom stereocenters. The molecule has 2 aromatic carbocycles. The molecule has 0 bridgehead atoms. The van der Waals surface area contributed by atoms with Gasteiger partial charge in [-0.25, -0.2) is 0 Å². The number of phenolic OH excluding ortho intramolecular Hbond substituents is 1. The third-order valence-electron chi connectivity index (χ3n) is 2.12. The number of halogens is 2. The molecule has 0 aliphatic heterocycles. The van der Waals surface area contributed by atoms with Gasteiger partial charge in [-0.1, -0.05) is 58.0 Å². The van der Waals surface area contributed by atoms with Gasteiger partial charge in [0.15, 0.2) is 0 Å². The first-order valence-corrected chi connectivity index (χ1v) is 9.28. The third kappa shape index (κ3) is 11.9. The maximum atomic E-state index is 9.66. The molecule has 0 aromatic heterocycles. The van der Waals surface area contributed by atoms with Crippen molar-refractivity contribution in [3.05, 3.63) is 64.0 Å². The van der Waals surface area contributed by atoms with Crippen LogP contribution in [0, 0.1) is 21.5 Å². The Kier molecular flexibility index (Phi) is 28.6. The van der Waals surface area contributed by atoms with Gasteiger partial charge in [-0.15, -0.1) is 0 Å². The van der Waals surface area contributed by atoms with E-state index in [4.69, 9.17) is 0 Å². The van der Waals surface area contributed by atoms with Crippen LogP contribution < -0.4 is 0 Å². The van der Waals surface area contributed by atoms with Crippen LogP contribution in [0.2, 0.25) is 0 Å². The molecule has 0 spiro atoms. The standard InChI is InChI=1S/C12H8I2O.2C2H6.C2H5.CH3.Y/c13-10-6-9(7-11(14)12(10)15)8-4-2-1-3-5-8;3*1-2;;/h1-7,15H;2*1-2H3;1H2,2H3;1H3;/q;;;2*-1;. The molecule has 0 unspecified atom stereocenters. The Hall–Kier alpha value is 0.804. The molecular weight excluding hydrogens is 587 g/mol. The summed E-state index contributed by atoms with van der Waals surface area (Å²) in [5.41, 5.74) is 2.32. The van der Waals surface area contributed by atoms with Crippen LogP contribution in [-0.2, 0) is 32.7 Å². The molecule has 2 rings (SSSR count). The molecule has 1 nitrogen and oxygen atoms in total. The van der Waals surface area contributed by atoms with Gasteiger partial charge >= 0.3 is 0 Å². The predicted molar refractivity (Wildman–Crippen MR) is 119 cm³/mol. The average molecular weight is 615 g/mol. The van der Waals surface area contributed by atoms with E-state index in [2.05, 4.69) is 64.2 Å². The minimum absolute atomic E-state index is 0. The molecule has 4 heteroatoms. The van der Waals surface area contributed by atoms with E-state index in [-0.39, 0.29) is 40.1 Å². The normalized spacial score (nSPS) is 7.48. The molecule has 2 aromatic rings. The van der Waals surface area contributed by atoms with E-state index in [0.717, 1.165) is 12.7 Å². The summed E-state index contributed by atoms with van der Waals surface area (Å²) in [6.07, 6.45) is 0. The summed E-state index contributed by atoms with van der Waals surface area (Å²) in [5.74, 6) is 0.371. The van der Waals surface area contributed by atoms with Crippen LogP contribution >= 0.6 is 45.2 Å². The van der Waals surface area contributed by atoms with E-state index in [1.807, 2.05) is 58.0 Å². The molecular formula is C19H28I2OY-2. The van der Waals surface area contributed by atoms with Crippen LogP contribution in [0.3, 0.4) is 0 Å². The van der Waals surface area contributed by atoms with Crippen LogP contribution in [0.25, 0.3) is 11.1 Å². The van der Waals surface area contributed by atoms with Gasteiger partial charge in [0, 0.05) is 32.7 Å². The number of rotatable bonds is 1. The summed E-state index contributed by atoms with van der Waals surface area (Å²) < 4.78 is 1.77. The zero-order valence-electron chi connectivity index (χ0n) is 15.0. The molecule has 23 heavy (non-hydrogen) atoms. The van der Waals surface area contributed by atoms with Crippen molar-refractivity contribution in [3.8, 4) is 16.9 Å². The van der Waals surface area contributed by atoms with Crippen molar-refractivity contribution < 1.29 is 37.8 Å². The molecule has 0 heterocycles. The van der Waals surface area contributed by atoms with Crippen LogP contribution in [0.1, 0.15) is 34.6 Å². The summed E-state index contributed by atoms with van der Waals surface area (Å²) in [6.45, 7) is 13.0. The number of hydrogen-bond donors (Lipinski definition) is 1. The maximum absolute atomic E-state index is 9.66. The zero-order chi connectivity index (χ0) is 16.8. The molecule has 0 fully saturated rings. The largest absolute Gasteiger partial charge is 0.506 e. The van der Waals surface area contributed by atoms with Gasteiger partial charge in [-0.3, -0.25) is 0 Å². The van der Waals surface area contributed by atoms with Crippen molar-refractivity contribution in [2.45, 2.75) is 34.6 Å². The van der Waals surface area contributed by atoms with Gasteiger partial charge < -0.3 is 19.5 Å². The second-order valence-corrected chi connectivity index (χ2v) is 5.48. The fourth-order valence-electron chi connectivity index (χ4n) is 1.36. The maximum Gasteiger partial charge on any atom is 0.142 e. The van der Waals surface area contributed by atoms with E-state index in [0.29, 0.717) is 5.75 Å². The summed E-state index contributed by atoms with van der Waals surface area (Å²) in [5, 5.41) is 9.66. The minimum atomic E-state index is 0. The van der Waals surface area contributed by atoms with Gasteiger partial charge in [0.2, 0.25) is 0 Å². The van der Waals surface area contributed by atoms with Crippen LogP contribution in [0.4, 0.5) is 0 Å². The summed E-state index contributed by atoms with van der Waals surface area (Å²) in [7, 11) is 0. The van der Waals surface area contributed by atoms with Gasteiger partial charge in [0.1, 0.15) is 5.75 Å². The number of phenols is 1. The molecule has 129 valence electrons. The number of aromatic hydroxyl groups is 1. The van der Waals surface area contributed by atoms with Gasteiger partial charge in [-0.05, 0) is 68.4 Å². The Bertz CT molecular complexity index is 465. The molecule has 1 N–H and O–H groups in total. The predicted octanol–water partition coefficient (Wildman–Crippen LogP) is 7.61. The smallest absolute Gasteiger partial charge is 0.142 e. The van der Waals surface area contributed by atoms with Crippen molar-refractivity contribution in [3.63, 3.8) is 0 Å². The van der Waals surface area contributed by atoms with E-state index < -0.39 is 0 Å². The first-order chi connectivity index (χ1) is 10.2. The summed E-state index contributed by atoms with van der Waals surface area (Å²) in [4.78, 5) is 0. The van der Waals surface area contributed by atoms with E-state index >= 15 is 0 Å². The van der Waals surface area contributed by atoms with Gasteiger partial charge in [0.25, 0.3) is 0 Å². The summed E-state index contributed by atoms with van der Waals surface area (Å²) >= 11 is 4.30. The van der Waals surface area contributed by atoms with Crippen molar-refractivity contribution >= 4 is 45.2 Å². The topological polar surface area (TPSA) is 20.2 Å². The molecule has 0 aliphatic rings. The fraction of sp³-hybridized carbons (Fsp3) is 0.263. The molecule has 0 saturated carbocycles. The quantitative estimate of drug-likeness (QED) is 0.259. The van der Waals surface area contributed by atoms with Crippen LogP contribution in [0.15, 0.2) is 42.5 Å².